The van der Waals surface area contributed by atoms with Crippen LogP contribution in [0.5, 0.6) is 0 Å². The molecule has 162 valence electrons. The van der Waals surface area contributed by atoms with Crippen LogP contribution in [0.15, 0.2) is 12.2 Å². The van der Waals surface area contributed by atoms with Gasteiger partial charge in [0.2, 0.25) is 0 Å². The van der Waals surface area contributed by atoms with Crippen LogP contribution in [0.1, 0.15) is 13.3 Å². The van der Waals surface area contributed by atoms with Crippen molar-refractivity contribution in [3.8, 4) is 0 Å². The minimum Gasteiger partial charge on any atom is -0.462 e. The Hall–Kier alpha value is -1.05. The lowest BCUT2D eigenvalue weighted by molar-refractivity contribution is -0.629. The third-order valence-electron chi connectivity index (χ3n) is 4.04. The van der Waals surface area contributed by atoms with Gasteiger partial charge >= 0.3 is 14.8 Å². The van der Waals surface area contributed by atoms with E-state index < -0.39 is 60.1 Å². The Labute approximate surface area is 164 Å². The van der Waals surface area contributed by atoms with Crippen LogP contribution in [0.4, 0.5) is 0 Å². The summed E-state index contributed by atoms with van der Waals surface area (Å²) in [5, 5.41) is 0. The summed E-state index contributed by atoms with van der Waals surface area (Å²) < 4.78 is 71.7. The van der Waals surface area contributed by atoms with Gasteiger partial charge in [-0.3, -0.25) is 42.6 Å². The first-order chi connectivity index (χ1) is 14.0. The monoisotopic (exact) mass is 438 g/mol. The molecule has 0 aromatic heterocycles. The lowest BCUT2D eigenvalue weighted by Gasteiger charge is -2.49. The highest BCUT2D eigenvalue weighted by molar-refractivity contribution is 6.60. The van der Waals surface area contributed by atoms with Gasteiger partial charge in [0.15, 0.2) is 0 Å². The molecule has 6 heterocycles. The second kappa shape index (κ2) is 7.89. The van der Waals surface area contributed by atoms with Crippen LogP contribution in [0.25, 0.3) is 0 Å². The van der Waals surface area contributed by atoms with Crippen molar-refractivity contribution in [3.63, 3.8) is 0 Å². The van der Waals surface area contributed by atoms with E-state index in [1.54, 1.807) is 6.92 Å². The Bertz CT molecular complexity index is 582. The molecule has 0 unspecified atom stereocenters. The van der Waals surface area contributed by atoms with Crippen LogP contribution in [0.2, 0.25) is 6.04 Å². The molecule has 8 bridgehead atoms. The molecule has 0 radical (unpaired) electrons. The molecular weight excluding hydrogens is 420 g/mol. The second-order valence-electron chi connectivity index (χ2n) is 6.30. The minimum atomic E-state index is -3.68. The summed E-state index contributed by atoms with van der Waals surface area (Å²) in [6.07, 6.45) is 0.305. The first-order valence-corrected chi connectivity index (χ1v) is 10.6. The predicted octanol–water partition coefficient (Wildman–Crippen LogP) is -0.313. The van der Waals surface area contributed by atoms with Gasteiger partial charge in [-0.1, -0.05) is 6.58 Å². The fraction of sp³-hybridized carbons (Fsp3) is 0.786. The summed E-state index contributed by atoms with van der Waals surface area (Å²) >= 11 is 0. The van der Waals surface area contributed by atoms with Crippen molar-refractivity contribution in [3.05, 3.63) is 12.2 Å². The molecule has 0 spiro atoms. The summed E-state index contributed by atoms with van der Waals surface area (Å²) in [4.78, 5) is 11.6. The molecule has 14 nitrogen and oxygen atoms in total. The van der Waals surface area contributed by atoms with Crippen LogP contribution in [0, 0.1) is 0 Å². The fourth-order valence-electron chi connectivity index (χ4n) is 2.74. The Balaban J connectivity index is 1.37. The lowest BCUT2D eigenvalue weighted by atomic mass is 10.4. The first kappa shape index (κ1) is 19.9. The van der Waals surface area contributed by atoms with E-state index in [1.807, 2.05) is 0 Å². The Morgan fingerprint density at radius 1 is 0.759 bits per heavy atom. The summed E-state index contributed by atoms with van der Waals surface area (Å²) in [5.41, 5.74) is 0.284. The van der Waals surface area contributed by atoms with Gasteiger partial charge in [0.05, 0.1) is 6.61 Å². The van der Waals surface area contributed by atoms with Gasteiger partial charge in [-0.15, -0.1) is 0 Å². The summed E-state index contributed by atoms with van der Waals surface area (Å²) in [6, 6.07) is 0.150. The van der Waals surface area contributed by atoms with E-state index in [1.165, 1.54) is 0 Å². The molecule has 6 saturated heterocycles. The van der Waals surface area contributed by atoms with Crippen molar-refractivity contribution in [2.45, 2.75) is 64.7 Å². The Morgan fingerprint density at radius 3 is 1.52 bits per heavy atom. The third kappa shape index (κ3) is 4.37. The highest BCUT2D eigenvalue weighted by atomic mass is 28.4. The van der Waals surface area contributed by atoms with Gasteiger partial charge in [0, 0.05) is 11.6 Å². The van der Waals surface area contributed by atoms with Gasteiger partial charge in [-0.25, -0.2) is 4.79 Å². The molecule has 0 saturated carbocycles. The molecule has 0 N–H and O–H groups in total. The van der Waals surface area contributed by atoms with Crippen LogP contribution >= 0.6 is 0 Å². The van der Waals surface area contributed by atoms with Crippen molar-refractivity contribution in [2.75, 3.05) is 6.61 Å². The zero-order valence-corrected chi connectivity index (χ0v) is 16.1. The number of esters is 1. The average molecular weight is 438 g/mol. The average Bonchev–Trinajstić information content (AvgIpc) is 2.54. The molecule has 6 rings (SSSR count). The van der Waals surface area contributed by atoms with E-state index >= 15 is 0 Å². The van der Waals surface area contributed by atoms with Gasteiger partial charge in [0.25, 0.3) is 45.3 Å². The summed E-state index contributed by atoms with van der Waals surface area (Å²) in [5.74, 6) is -0.513. The van der Waals surface area contributed by atoms with E-state index in [-0.39, 0.29) is 18.2 Å². The molecule has 6 fully saturated rings. The largest absolute Gasteiger partial charge is 0.512 e. The van der Waals surface area contributed by atoms with E-state index in [2.05, 4.69) is 6.58 Å². The molecule has 6 aliphatic rings. The number of hydrogen-bond acceptors (Lipinski definition) is 14. The van der Waals surface area contributed by atoms with Crippen LogP contribution in [-0.2, 0) is 65.4 Å². The smallest absolute Gasteiger partial charge is 0.462 e. The van der Waals surface area contributed by atoms with Gasteiger partial charge in [0.1, 0.15) is 0 Å². The topological polar surface area (TPSA) is 137 Å². The van der Waals surface area contributed by atoms with Crippen molar-refractivity contribution in [2.24, 2.45) is 0 Å². The van der Waals surface area contributed by atoms with Gasteiger partial charge in [-0.05, 0) is 13.3 Å². The number of rotatable bonds is 5. The molecular formula is C14H18O14Si. The zero-order chi connectivity index (χ0) is 20.0. The summed E-state index contributed by atoms with van der Waals surface area (Å²) in [6.45, 7) is -4.46. The maximum atomic E-state index is 11.6. The molecule has 0 aromatic carbocycles. The minimum absolute atomic E-state index is 0.0621. The highest BCUT2D eigenvalue weighted by Crippen LogP contribution is 2.37. The van der Waals surface area contributed by atoms with Gasteiger partial charge in [-0.2, -0.15) is 0 Å². The number of carbonyl (C=O) groups is 1. The first-order valence-electron chi connectivity index (χ1n) is 8.72. The van der Waals surface area contributed by atoms with Crippen molar-refractivity contribution in [1.82, 2.24) is 0 Å². The number of ether oxygens (including phenoxy) is 10. The Morgan fingerprint density at radius 2 is 1.14 bits per heavy atom. The highest BCUT2D eigenvalue weighted by Gasteiger charge is 2.58. The van der Waals surface area contributed by atoms with Crippen LogP contribution in [-0.4, -0.2) is 66.7 Å². The van der Waals surface area contributed by atoms with Crippen LogP contribution in [0.3, 0.4) is 0 Å². The molecule has 0 atom stereocenters. The molecule has 0 amide bonds. The quantitative estimate of drug-likeness (QED) is 0.240. The van der Waals surface area contributed by atoms with E-state index in [9.17, 15) is 4.79 Å². The molecule has 0 aliphatic carbocycles. The number of hydrogen-bond donors (Lipinski definition) is 0. The van der Waals surface area contributed by atoms with Crippen LogP contribution < -0.4 is 0 Å². The van der Waals surface area contributed by atoms with Gasteiger partial charge < -0.3 is 18.0 Å². The second-order valence-corrected chi connectivity index (χ2v) is 8.87. The molecule has 15 heteroatoms. The van der Waals surface area contributed by atoms with E-state index in [0.717, 1.165) is 0 Å². The predicted molar refractivity (Wildman–Crippen MR) is 80.5 cm³/mol. The van der Waals surface area contributed by atoms with Crippen molar-refractivity contribution >= 4 is 14.8 Å². The molecule has 29 heavy (non-hydrogen) atoms. The normalized spacial score (nSPS) is 45.6. The van der Waals surface area contributed by atoms with Crippen molar-refractivity contribution in [1.29, 1.82) is 0 Å². The fourth-order valence-corrected chi connectivity index (χ4v) is 5.05. The number of carbonyl (C=O) groups excluding carboxylic acids is 1. The molecule has 6 aliphatic heterocycles. The lowest BCUT2D eigenvalue weighted by Crippen LogP contribution is -2.65. The molecule has 0 aromatic rings. The van der Waals surface area contributed by atoms with E-state index in [4.69, 9.17) is 60.6 Å². The summed E-state index contributed by atoms with van der Waals surface area (Å²) in [7, 11) is -3.68. The SMILES string of the molecule is C=C(C)C(=O)OCCC[Si]12OC3OC4OC5OC(O3)OC(OC(O5)OC(O4)O1)O2. The maximum absolute atomic E-state index is 11.6. The van der Waals surface area contributed by atoms with Crippen molar-refractivity contribution < 1.29 is 65.4 Å². The maximum Gasteiger partial charge on any atom is 0.512 e. The zero-order valence-electron chi connectivity index (χ0n) is 15.1. The Kier molecular flexibility index (Phi) is 5.41. The van der Waals surface area contributed by atoms with E-state index in [0.29, 0.717) is 6.42 Å². The standard InChI is InChI=1S/C14H18O14Si/c1-6(2)7(15)16-4-3-5-29-26-12-20-9-17-8-18-10(22-12)24-14(28-29)25-11(19-8)23-13(21-9)27-29/h8-14H,1,3-5H2,2H3. The third-order valence-corrected chi connectivity index (χ3v) is 6.66.